The number of ether oxygens (including phenoxy) is 3. The van der Waals surface area contributed by atoms with Crippen molar-refractivity contribution in [2.24, 2.45) is 0 Å². The summed E-state index contributed by atoms with van der Waals surface area (Å²) >= 11 is 1.47. The number of aryl methyl sites for hydroxylation is 1. The summed E-state index contributed by atoms with van der Waals surface area (Å²) in [5.74, 6) is 1.24. The van der Waals surface area contributed by atoms with Crippen LogP contribution in [0.5, 0.6) is 28.9 Å². The Balaban J connectivity index is 1.35. The van der Waals surface area contributed by atoms with E-state index in [1.165, 1.54) is 31.8 Å². The molecule has 0 aliphatic heterocycles. The molecule has 9 nitrogen and oxygen atoms in total. The smallest absolute Gasteiger partial charge is 0.261 e. The minimum atomic E-state index is -0.471. The summed E-state index contributed by atoms with van der Waals surface area (Å²) in [6.45, 7) is 1.79. The topological polar surface area (TPSA) is 116 Å². The van der Waals surface area contributed by atoms with Crippen molar-refractivity contribution in [3.63, 3.8) is 0 Å². The van der Waals surface area contributed by atoms with Crippen LogP contribution < -0.4 is 19.5 Å². The molecule has 10 heteroatoms. The zero-order valence-corrected chi connectivity index (χ0v) is 21.0. The summed E-state index contributed by atoms with van der Waals surface area (Å²) in [6, 6.07) is 14.0. The van der Waals surface area contributed by atoms with E-state index in [0.29, 0.717) is 51.1 Å². The van der Waals surface area contributed by atoms with Crippen LogP contribution in [0.15, 0.2) is 66.3 Å². The first-order valence-electron chi connectivity index (χ1n) is 11.2. The molecule has 186 valence electrons. The molecule has 0 spiro atoms. The molecule has 0 saturated heterocycles. The Bertz CT molecular complexity index is 1590. The molecule has 4 aromatic heterocycles. The number of aromatic nitrogens is 3. The summed E-state index contributed by atoms with van der Waals surface area (Å²) in [6.07, 6.45) is 2.99. The average molecular weight is 515 g/mol. The highest BCUT2D eigenvalue weighted by molar-refractivity contribution is 7.13. The molecule has 5 rings (SSSR count). The summed E-state index contributed by atoms with van der Waals surface area (Å²) in [5.41, 5.74) is 2.92. The number of anilines is 1. The lowest BCUT2D eigenvalue weighted by molar-refractivity contribution is 0.102. The number of carbonyl (C=O) groups excluding carboxylic acids is 1. The lowest BCUT2D eigenvalue weighted by Crippen LogP contribution is -2.13. The summed E-state index contributed by atoms with van der Waals surface area (Å²) in [4.78, 5) is 26.9. The number of fused-ring (bicyclic) bond motifs is 1. The average Bonchev–Trinajstić information content (AvgIpc) is 3.43. The van der Waals surface area contributed by atoms with Gasteiger partial charge in [-0.05, 0) is 42.6 Å². The molecule has 0 saturated carbocycles. The van der Waals surface area contributed by atoms with Gasteiger partial charge in [0.1, 0.15) is 22.6 Å². The van der Waals surface area contributed by atoms with Crippen molar-refractivity contribution in [1.29, 1.82) is 0 Å². The molecule has 1 amide bonds. The fraction of sp³-hybridized carbons (Fsp3) is 0.111. The molecular weight excluding hydrogens is 492 g/mol. The zero-order chi connectivity index (χ0) is 25.9. The van der Waals surface area contributed by atoms with E-state index in [4.69, 9.17) is 14.2 Å². The quantitative estimate of drug-likeness (QED) is 0.279. The number of nitrogens with zero attached hydrogens (tertiary/aromatic N) is 3. The Kier molecular flexibility index (Phi) is 6.57. The van der Waals surface area contributed by atoms with Crippen molar-refractivity contribution in [3.05, 3.63) is 77.6 Å². The molecule has 5 aromatic rings. The normalized spacial score (nSPS) is 10.8. The molecule has 0 radical (unpaired) electrons. The van der Waals surface area contributed by atoms with Crippen molar-refractivity contribution >= 4 is 34.0 Å². The molecule has 0 unspecified atom stereocenters. The van der Waals surface area contributed by atoms with Crippen LogP contribution in [0.25, 0.3) is 21.5 Å². The highest BCUT2D eigenvalue weighted by atomic mass is 32.1. The van der Waals surface area contributed by atoms with E-state index in [1.807, 2.05) is 17.5 Å². The predicted molar refractivity (Wildman–Crippen MR) is 141 cm³/mol. The Morgan fingerprint density at radius 3 is 2.54 bits per heavy atom. The number of nitrogens with one attached hydrogen (secondary N) is 1. The fourth-order valence-electron chi connectivity index (χ4n) is 3.79. The van der Waals surface area contributed by atoms with Crippen LogP contribution in [0.4, 0.5) is 5.69 Å². The van der Waals surface area contributed by atoms with Gasteiger partial charge < -0.3 is 24.6 Å². The highest BCUT2D eigenvalue weighted by Gasteiger charge is 2.20. The van der Waals surface area contributed by atoms with Gasteiger partial charge in [0.25, 0.3) is 11.8 Å². The minimum Gasteiger partial charge on any atom is -0.506 e. The van der Waals surface area contributed by atoms with E-state index in [1.54, 1.807) is 49.5 Å². The Labute approximate surface area is 216 Å². The summed E-state index contributed by atoms with van der Waals surface area (Å²) in [5, 5.41) is 15.5. The van der Waals surface area contributed by atoms with E-state index in [2.05, 4.69) is 20.3 Å². The van der Waals surface area contributed by atoms with Crippen LogP contribution in [0.3, 0.4) is 0 Å². The van der Waals surface area contributed by atoms with Gasteiger partial charge in [-0.25, -0.2) is 4.98 Å². The number of hydrogen-bond acceptors (Lipinski definition) is 9. The van der Waals surface area contributed by atoms with Gasteiger partial charge in [-0.1, -0.05) is 6.07 Å². The van der Waals surface area contributed by atoms with Crippen molar-refractivity contribution in [2.45, 2.75) is 6.92 Å². The molecule has 4 heterocycles. The Hall–Kier alpha value is -4.70. The molecule has 1 aromatic carbocycles. The third-order valence-electron chi connectivity index (χ3n) is 5.61. The number of carbonyl (C=O) groups is 1. The largest absolute Gasteiger partial charge is 0.506 e. The lowest BCUT2D eigenvalue weighted by Gasteiger charge is -2.13. The number of methoxy groups -OCH3 is 2. The van der Waals surface area contributed by atoms with E-state index >= 15 is 0 Å². The van der Waals surface area contributed by atoms with E-state index in [0.717, 1.165) is 4.88 Å². The van der Waals surface area contributed by atoms with Crippen molar-refractivity contribution in [2.75, 3.05) is 19.5 Å². The van der Waals surface area contributed by atoms with Crippen LogP contribution in [-0.4, -0.2) is 40.2 Å². The molecular formula is C27H22N4O5S. The maximum Gasteiger partial charge on any atom is 0.261 e. The monoisotopic (exact) mass is 514 g/mol. The second-order valence-electron chi connectivity index (χ2n) is 7.92. The van der Waals surface area contributed by atoms with Gasteiger partial charge in [0.05, 0.1) is 25.3 Å². The Morgan fingerprint density at radius 2 is 1.84 bits per heavy atom. The number of benzene rings is 1. The van der Waals surface area contributed by atoms with Crippen molar-refractivity contribution in [1.82, 2.24) is 15.0 Å². The van der Waals surface area contributed by atoms with Crippen LogP contribution in [0.2, 0.25) is 0 Å². The molecule has 0 aliphatic carbocycles. The van der Waals surface area contributed by atoms with E-state index < -0.39 is 5.91 Å². The first kappa shape index (κ1) is 24.0. The SMILES string of the molecule is COc1cc2nccc(Oc3ccc(NC(=O)c4cnc(C)c(-c5cccs5)c4O)cc3)c2nc1OC. The van der Waals surface area contributed by atoms with E-state index in [-0.39, 0.29) is 11.3 Å². The third-order valence-corrected chi connectivity index (χ3v) is 6.50. The number of rotatable bonds is 7. The second-order valence-corrected chi connectivity index (χ2v) is 8.86. The first-order chi connectivity index (χ1) is 18.0. The molecule has 0 fully saturated rings. The molecule has 2 N–H and O–H groups in total. The van der Waals surface area contributed by atoms with Gasteiger partial charge in [-0.3, -0.25) is 14.8 Å². The van der Waals surface area contributed by atoms with Gasteiger partial charge in [0.2, 0.25) is 0 Å². The number of amides is 1. The van der Waals surface area contributed by atoms with Gasteiger partial charge in [0, 0.05) is 40.8 Å². The number of hydrogen-bond donors (Lipinski definition) is 2. The fourth-order valence-corrected chi connectivity index (χ4v) is 4.62. The van der Waals surface area contributed by atoms with Crippen LogP contribution >= 0.6 is 11.3 Å². The minimum absolute atomic E-state index is 0.0908. The predicted octanol–water partition coefficient (Wildman–Crippen LogP) is 5.83. The Morgan fingerprint density at radius 1 is 1.03 bits per heavy atom. The number of pyridine rings is 3. The zero-order valence-electron chi connectivity index (χ0n) is 20.2. The van der Waals surface area contributed by atoms with Gasteiger partial charge in [0.15, 0.2) is 11.5 Å². The second kappa shape index (κ2) is 10.1. The van der Waals surface area contributed by atoms with Gasteiger partial charge in [-0.15, -0.1) is 11.3 Å². The third kappa shape index (κ3) is 4.74. The summed E-state index contributed by atoms with van der Waals surface area (Å²) in [7, 11) is 3.04. The van der Waals surface area contributed by atoms with Crippen LogP contribution in [-0.2, 0) is 0 Å². The maximum atomic E-state index is 12.9. The molecule has 0 aliphatic rings. The molecule has 0 bridgehead atoms. The molecule has 0 atom stereocenters. The van der Waals surface area contributed by atoms with Crippen LogP contribution in [0, 0.1) is 6.92 Å². The highest BCUT2D eigenvalue weighted by Crippen LogP contribution is 2.37. The standard InChI is InChI=1S/C27H22N4O5S/c1-15-23(22-5-4-12-37-22)25(32)18(14-29-15)26(33)30-16-6-8-17(9-7-16)36-20-10-11-28-19-13-21(34-2)27(35-3)31-24(19)20/h4-14H,1-3H3,(H,29,32)(H,30,33). The maximum absolute atomic E-state index is 12.9. The van der Waals surface area contributed by atoms with Crippen molar-refractivity contribution in [3.8, 4) is 39.3 Å². The molecule has 37 heavy (non-hydrogen) atoms. The van der Waals surface area contributed by atoms with Crippen molar-refractivity contribution < 1.29 is 24.1 Å². The summed E-state index contributed by atoms with van der Waals surface area (Å²) < 4.78 is 16.6. The first-order valence-corrected chi connectivity index (χ1v) is 12.1. The van der Waals surface area contributed by atoms with Gasteiger partial charge >= 0.3 is 0 Å². The van der Waals surface area contributed by atoms with Crippen LogP contribution in [0.1, 0.15) is 16.1 Å². The lowest BCUT2D eigenvalue weighted by atomic mass is 10.1. The van der Waals surface area contributed by atoms with Gasteiger partial charge in [-0.2, -0.15) is 0 Å². The number of aromatic hydroxyl groups is 1. The van der Waals surface area contributed by atoms with E-state index in [9.17, 15) is 9.90 Å². The number of thiophene rings is 1.